The first-order valence-electron chi connectivity index (χ1n) is 12.3. The third-order valence-corrected chi connectivity index (χ3v) is 7.51. The second-order valence-electron chi connectivity index (χ2n) is 9.56. The molecule has 0 saturated carbocycles. The number of hydrogen-bond acceptors (Lipinski definition) is 7. The number of hydrogen-bond donors (Lipinski definition) is 1. The lowest BCUT2D eigenvalue weighted by molar-refractivity contribution is -0.135. The third kappa shape index (κ3) is 5.38. The number of nitrogens with zero attached hydrogens (tertiary/aromatic N) is 3. The summed E-state index contributed by atoms with van der Waals surface area (Å²) in [6.45, 7) is 6.97. The molecule has 1 aromatic carbocycles. The van der Waals surface area contributed by atoms with Crippen LogP contribution in [0.3, 0.4) is 0 Å². The first-order valence-corrected chi connectivity index (χ1v) is 12.3. The number of urea groups is 1. The summed E-state index contributed by atoms with van der Waals surface area (Å²) in [4.78, 5) is 44.3. The van der Waals surface area contributed by atoms with Gasteiger partial charge in [-0.05, 0) is 43.4 Å². The molecule has 0 aliphatic carbocycles. The molecule has 192 valence electrons. The number of methoxy groups -OCH3 is 2. The van der Waals surface area contributed by atoms with Crippen LogP contribution in [0.5, 0.6) is 11.5 Å². The highest BCUT2D eigenvalue weighted by Crippen LogP contribution is 2.34. The van der Waals surface area contributed by atoms with E-state index in [1.807, 2.05) is 24.0 Å². The van der Waals surface area contributed by atoms with Crippen molar-refractivity contribution in [3.05, 3.63) is 23.8 Å². The van der Waals surface area contributed by atoms with E-state index >= 15 is 0 Å². The summed E-state index contributed by atoms with van der Waals surface area (Å²) < 4.78 is 16.0. The smallest absolute Gasteiger partial charge is 0.325 e. The predicted octanol–water partition coefficient (Wildman–Crippen LogP) is 1.13. The van der Waals surface area contributed by atoms with E-state index in [0.29, 0.717) is 63.7 Å². The van der Waals surface area contributed by atoms with Gasteiger partial charge >= 0.3 is 6.03 Å². The summed E-state index contributed by atoms with van der Waals surface area (Å²) in [7, 11) is 3.15. The Morgan fingerprint density at radius 1 is 1.06 bits per heavy atom. The largest absolute Gasteiger partial charge is 0.493 e. The number of benzene rings is 1. The van der Waals surface area contributed by atoms with Gasteiger partial charge in [0.1, 0.15) is 5.54 Å². The van der Waals surface area contributed by atoms with Gasteiger partial charge in [0, 0.05) is 39.3 Å². The maximum Gasteiger partial charge on any atom is 0.325 e. The lowest BCUT2D eigenvalue weighted by Gasteiger charge is -2.39. The molecule has 0 bridgehead atoms. The number of nitrogens with one attached hydrogen (secondary N) is 1. The average Bonchev–Trinajstić information content (AvgIpc) is 3.11. The van der Waals surface area contributed by atoms with Gasteiger partial charge in [-0.1, -0.05) is 6.07 Å². The number of ether oxygens (including phenoxy) is 3. The Labute approximate surface area is 206 Å². The standard InChI is InChI=1S/C25H36N4O6/c1-25(23(31)29(24(32)26-25)11-10-27-12-14-35-15-13-27)19-6-8-28(9-7-19)22(30)17-18-4-5-20(33-2)21(16-18)34-3/h4-5,16,19H,6-15,17H2,1-3H3,(H,26,32). The fourth-order valence-corrected chi connectivity index (χ4v) is 5.24. The molecule has 3 heterocycles. The van der Waals surface area contributed by atoms with E-state index in [1.54, 1.807) is 20.3 Å². The zero-order valence-electron chi connectivity index (χ0n) is 20.9. The second-order valence-corrected chi connectivity index (χ2v) is 9.56. The monoisotopic (exact) mass is 488 g/mol. The lowest BCUT2D eigenvalue weighted by Crippen LogP contribution is -2.54. The average molecular weight is 489 g/mol. The quantitative estimate of drug-likeness (QED) is 0.548. The molecule has 3 aliphatic heterocycles. The molecule has 0 spiro atoms. The fraction of sp³-hybridized carbons (Fsp3) is 0.640. The Balaban J connectivity index is 1.30. The van der Waals surface area contributed by atoms with Gasteiger partial charge in [-0.2, -0.15) is 0 Å². The molecule has 3 saturated heterocycles. The van der Waals surface area contributed by atoms with Crippen LogP contribution in [0.2, 0.25) is 0 Å². The number of imide groups is 1. The van der Waals surface area contributed by atoms with Crippen LogP contribution in [-0.4, -0.2) is 105 Å². The van der Waals surface area contributed by atoms with Crippen LogP contribution in [0.15, 0.2) is 18.2 Å². The molecule has 10 heteroatoms. The first-order chi connectivity index (χ1) is 16.9. The van der Waals surface area contributed by atoms with E-state index in [9.17, 15) is 14.4 Å². The van der Waals surface area contributed by atoms with Gasteiger partial charge in [0.05, 0.1) is 33.9 Å². The topological polar surface area (TPSA) is 101 Å². The summed E-state index contributed by atoms with van der Waals surface area (Å²) in [5.41, 5.74) is -0.0727. The summed E-state index contributed by atoms with van der Waals surface area (Å²) in [5, 5.41) is 2.96. The number of morpholine rings is 1. The Morgan fingerprint density at radius 2 is 1.74 bits per heavy atom. The Hall–Kier alpha value is -2.85. The minimum Gasteiger partial charge on any atom is -0.493 e. The number of likely N-dealkylation sites (tertiary alicyclic amines) is 1. The number of piperidine rings is 1. The van der Waals surface area contributed by atoms with Crippen LogP contribution in [0.4, 0.5) is 4.79 Å². The van der Waals surface area contributed by atoms with Crippen molar-refractivity contribution in [2.24, 2.45) is 5.92 Å². The number of rotatable bonds is 8. The molecule has 1 N–H and O–H groups in total. The summed E-state index contributed by atoms with van der Waals surface area (Å²) in [5.74, 6) is 1.08. The van der Waals surface area contributed by atoms with Crippen molar-refractivity contribution in [3.63, 3.8) is 0 Å². The zero-order chi connectivity index (χ0) is 25.0. The Bertz CT molecular complexity index is 942. The van der Waals surface area contributed by atoms with Gasteiger partial charge in [-0.25, -0.2) is 4.79 Å². The highest BCUT2D eigenvalue weighted by atomic mass is 16.5. The van der Waals surface area contributed by atoms with Crippen LogP contribution in [0.25, 0.3) is 0 Å². The van der Waals surface area contributed by atoms with Crippen LogP contribution in [0.1, 0.15) is 25.3 Å². The van der Waals surface area contributed by atoms with Crippen molar-refractivity contribution < 1.29 is 28.6 Å². The van der Waals surface area contributed by atoms with E-state index in [0.717, 1.165) is 18.7 Å². The van der Waals surface area contributed by atoms with Crippen molar-refractivity contribution in [1.82, 2.24) is 20.0 Å². The maximum absolute atomic E-state index is 13.3. The summed E-state index contributed by atoms with van der Waals surface area (Å²) in [6, 6.07) is 5.17. The Kier molecular flexibility index (Phi) is 7.81. The molecule has 10 nitrogen and oxygen atoms in total. The van der Waals surface area contributed by atoms with Gasteiger partial charge in [0.15, 0.2) is 11.5 Å². The van der Waals surface area contributed by atoms with Crippen LogP contribution in [0, 0.1) is 5.92 Å². The van der Waals surface area contributed by atoms with E-state index in [1.165, 1.54) is 4.90 Å². The number of carbonyl (C=O) groups excluding carboxylic acids is 3. The highest BCUT2D eigenvalue weighted by molar-refractivity contribution is 6.07. The van der Waals surface area contributed by atoms with Crippen molar-refractivity contribution in [3.8, 4) is 11.5 Å². The predicted molar refractivity (Wildman–Crippen MR) is 128 cm³/mol. The van der Waals surface area contributed by atoms with Crippen molar-refractivity contribution in [2.75, 3.05) is 66.7 Å². The minimum absolute atomic E-state index is 0.0162. The van der Waals surface area contributed by atoms with Crippen LogP contribution in [-0.2, 0) is 20.7 Å². The van der Waals surface area contributed by atoms with E-state index in [-0.39, 0.29) is 30.2 Å². The molecule has 4 rings (SSSR count). The first kappa shape index (κ1) is 25.2. The second kappa shape index (κ2) is 10.8. The van der Waals surface area contributed by atoms with Gasteiger partial charge in [-0.15, -0.1) is 0 Å². The normalized spacial score (nSPS) is 24.0. The number of amides is 4. The molecule has 0 aromatic heterocycles. The molecule has 3 aliphatic rings. The van der Waals surface area contributed by atoms with Crippen LogP contribution < -0.4 is 14.8 Å². The molecule has 1 unspecified atom stereocenters. The molecular weight excluding hydrogens is 452 g/mol. The van der Waals surface area contributed by atoms with Gasteiger partial charge in [0.25, 0.3) is 5.91 Å². The molecule has 1 atom stereocenters. The Morgan fingerprint density at radius 3 is 2.40 bits per heavy atom. The summed E-state index contributed by atoms with van der Waals surface area (Å²) >= 11 is 0. The third-order valence-electron chi connectivity index (χ3n) is 7.51. The van der Waals surface area contributed by atoms with Crippen LogP contribution >= 0.6 is 0 Å². The van der Waals surface area contributed by atoms with Crippen molar-refractivity contribution in [2.45, 2.75) is 31.7 Å². The SMILES string of the molecule is COc1ccc(CC(=O)N2CCC(C3(C)NC(=O)N(CCN4CCOCC4)C3=O)CC2)cc1OC. The molecule has 3 fully saturated rings. The molecule has 35 heavy (non-hydrogen) atoms. The van der Waals surface area contributed by atoms with E-state index in [2.05, 4.69) is 10.2 Å². The maximum atomic E-state index is 13.3. The van der Waals surface area contributed by atoms with Gasteiger partial charge in [-0.3, -0.25) is 19.4 Å². The molecular formula is C25H36N4O6. The van der Waals surface area contributed by atoms with Crippen molar-refractivity contribution >= 4 is 17.8 Å². The van der Waals surface area contributed by atoms with E-state index in [4.69, 9.17) is 14.2 Å². The lowest BCUT2D eigenvalue weighted by atomic mass is 9.79. The molecule has 0 radical (unpaired) electrons. The van der Waals surface area contributed by atoms with Crippen molar-refractivity contribution in [1.29, 1.82) is 0 Å². The molecule has 4 amide bonds. The molecule has 1 aromatic rings. The zero-order valence-corrected chi connectivity index (χ0v) is 20.9. The minimum atomic E-state index is -0.930. The van der Waals surface area contributed by atoms with Gasteiger partial charge in [0.2, 0.25) is 5.91 Å². The number of carbonyl (C=O) groups is 3. The summed E-state index contributed by atoms with van der Waals surface area (Å²) in [6.07, 6.45) is 1.60. The fourth-order valence-electron chi connectivity index (χ4n) is 5.24. The van der Waals surface area contributed by atoms with E-state index < -0.39 is 5.54 Å². The highest BCUT2D eigenvalue weighted by Gasteiger charge is 2.52. The van der Waals surface area contributed by atoms with Gasteiger partial charge < -0.3 is 24.4 Å².